The lowest BCUT2D eigenvalue weighted by Crippen LogP contribution is -2.22. The molecular weight excluding hydrogens is 184 g/mol. The van der Waals surface area contributed by atoms with Gasteiger partial charge in [0.2, 0.25) is 0 Å². The smallest absolute Gasteiger partial charge is 0.0829 e. The van der Waals surface area contributed by atoms with Gasteiger partial charge in [-0.05, 0) is 11.8 Å². The van der Waals surface area contributed by atoms with E-state index in [1.54, 1.807) is 25.7 Å². The Balaban J connectivity index is 0.000000195. The summed E-state index contributed by atoms with van der Waals surface area (Å²) in [6.07, 6.45) is 15.0. The number of ether oxygens (including phenoxy) is 1. The van der Waals surface area contributed by atoms with Crippen molar-refractivity contribution in [2.45, 2.75) is 51.4 Å². The lowest BCUT2D eigenvalue weighted by Gasteiger charge is -2.35. The van der Waals surface area contributed by atoms with E-state index < -0.39 is 0 Å². The molecule has 0 aromatic carbocycles. The summed E-state index contributed by atoms with van der Waals surface area (Å²) in [6, 6.07) is 0. The standard InChI is InChI=1S/C10H18.C4H6O/c1-2-6-10-8-4-3-7-9(10)5-1;1-3-5-4-2/h9-10H,1-8H2;3-4H,1-2H2. The Morgan fingerprint density at radius 3 is 1.27 bits per heavy atom. The molecule has 0 spiro atoms. The molecule has 0 unspecified atom stereocenters. The van der Waals surface area contributed by atoms with Crippen LogP contribution >= 0.6 is 0 Å². The first-order valence-corrected chi connectivity index (χ1v) is 6.25. The second kappa shape index (κ2) is 7.56. The van der Waals surface area contributed by atoms with Gasteiger partial charge >= 0.3 is 0 Å². The summed E-state index contributed by atoms with van der Waals surface area (Å²) in [7, 11) is 0. The summed E-state index contributed by atoms with van der Waals surface area (Å²) in [5.41, 5.74) is 0. The third kappa shape index (κ3) is 4.55. The molecule has 86 valence electrons. The van der Waals surface area contributed by atoms with Crippen molar-refractivity contribution in [3.8, 4) is 0 Å². The average molecular weight is 208 g/mol. The van der Waals surface area contributed by atoms with Crippen LogP contribution in [0.3, 0.4) is 0 Å². The van der Waals surface area contributed by atoms with Crippen LogP contribution in [0.1, 0.15) is 51.4 Å². The van der Waals surface area contributed by atoms with Crippen molar-refractivity contribution in [2.75, 3.05) is 0 Å². The number of fused-ring (bicyclic) bond motifs is 1. The van der Waals surface area contributed by atoms with Crippen molar-refractivity contribution in [2.24, 2.45) is 11.8 Å². The Bertz CT molecular complexity index is 154. The first-order valence-electron chi connectivity index (χ1n) is 6.25. The van der Waals surface area contributed by atoms with Crippen LogP contribution in [0.25, 0.3) is 0 Å². The number of rotatable bonds is 2. The third-order valence-electron chi connectivity index (χ3n) is 3.66. The Labute approximate surface area is 94.2 Å². The molecule has 1 heteroatoms. The fourth-order valence-corrected chi connectivity index (χ4v) is 2.93. The van der Waals surface area contributed by atoms with Gasteiger partial charge in [0.1, 0.15) is 0 Å². The van der Waals surface area contributed by atoms with Crippen LogP contribution in [0.5, 0.6) is 0 Å². The first kappa shape index (κ1) is 12.4. The van der Waals surface area contributed by atoms with Gasteiger partial charge in [-0.3, -0.25) is 0 Å². The maximum absolute atomic E-state index is 4.36. The van der Waals surface area contributed by atoms with Crippen LogP contribution in [-0.2, 0) is 4.74 Å². The topological polar surface area (TPSA) is 9.23 Å². The largest absolute Gasteiger partial charge is 0.474 e. The lowest BCUT2D eigenvalue weighted by atomic mass is 9.71. The van der Waals surface area contributed by atoms with Gasteiger partial charge in [-0.25, -0.2) is 0 Å². The zero-order valence-electron chi connectivity index (χ0n) is 9.79. The van der Waals surface area contributed by atoms with Crippen LogP contribution in [0.4, 0.5) is 0 Å². The maximum atomic E-state index is 4.36. The minimum absolute atomic E-state index is 1.16. The maximum Gasteiger partial charge on any atom is 0.0829 e. The van der Waals surface area contributed by atoms with Crippen molar-refractivity contribution in [3.63, 3.8) is 0 Å². The van der Waals surface area contributed by atoms with Gasteiger partial charge in [-0.15, -0.1) is 0 Å². The van der Waals surface area contributed by atoms with Crippen molar-refractivity contribution < 1.29 is 4.74 Å². The molecule has 0 heterocycles. The molecule has 2 aliphatic carbocycles. The van der Waals surface area contributed by atoms with Gasteiger partial charge in [0.15, 0.2) is 0 Å². The van der Waals surface area contributed by atoms with Gasteiger partial charge in [0, 0.05) is 0 Å². The van der Waals surface area contributed by atoms with Crippen molar-refractivity contribution in [1.82, 2.24) is 0 Å². The van der Waals surface area contributed by atoms with Gasteiger partial charge < -0.3 is 4.74 Å². The molecule has 2 saturated carbocycles. The van der Waals surface area contributed by atoms with E-state index in [1.165, 1.54) is 38.2 Å². The van der Waals surface area contributed by atoms with E-state index in [0.29, 0.717) is 0 Å². The van der Waals surface area contributed by atoms with Crippen LogP contribution in [-0.4, -0.2) is 0 Å². The highest BCUT2D eigenvalue weighted by molar-refractivity contribution is 4.78. The zero-order valence-corrected chi connectivity index (χ0v) is 9.79. The van der Waals surface area contributed by atoms with Crippen molar-refractivity contribution in [3.05, 3.63) is 25.7 Å². The molecular formula is C14H24O. The van der Waals surface area contributed by atoms with Gasteiger partial charge in [-0.1, -0.05) is 64.5 Å². The Morgan fingerprint density at radius 2 is 1.07 bits per heavy atom. The predicted octanol–water partition coefficient (Wildman–Crippen LogP) is 4.66. The molecule has 0 amide bonds. The van der Waals surface area contributed by atoms with E-state index in [0.717, 1.165) is 11.8 Å². The monoisotopic (exact) mass is 208 g/mol. The van der Waals surface area contributed by atoms with Crippen LogP contribution in [0.15, 0.2) is 25.7 Å². The molecule has 2 aliphatic rings. The number of hydrogen-bond donors (Lipinski definition) is 0. The molecule has 0 atom stereocenters. The molecule has 0 aromatic heterocycles. The summed E-state index contributed by atoms with van der Waals surface area (Å²) >= 11 is 0. The van der Waals surface area contributed by atoms with Crippen LogP contribution in [0.2, 0.25) is 0 Å². The molecule has 15 heavy (non-hydrogen) atoms. The third-order valence-corrected chi connectivity index (χ3v) is 3.66. The summed E-state index contributed by atoms with van der Waals surface area (Å²) in [6.45, 7) is 6.51. The predicted molar refractivity (Wildman–Crippen MR) is 65.4 cm³/mol. The normalized spacial score (nSPS) is 29.1. The lowest BCUT2D eigenvalue weighted by molar-refractivity contribution is 0.171. The quantitative estimate of drug-likeness (QED) is 0.600. The molecule has 1 nitrogen and oxygen atoms in total. The Morgan fingerprint density at radius 1 is 0.733 bits per heavy atom. The minimum atomic E-state index is 1.16. The van der Waals surface area contributed by atoms with E-state index in [4.69, 9.17) is 0 Å². The minimum Gasteiger partial charge on any atom is -0.474 e. The van der Waals surface area contributed by atoms with Crippen LogP contribution in [0, 0.1) is 11.8 Å². The Hall–Kier alpha value is -0.720. The van der Waals surface area contributed by atoms with Gasteiger partial charge in [0.05, 0.1) is 12.5 Å². The molecule has 0 bridgehead atoms. The van der Waals surface area contributed by atoms with E-state index in [2.05, 4.69) is 17.9 Å². The van der Waals surface area contributed by atoms with Gasteiger partial charge in [0.25, 0.3) is 0 Å². The van der Waals surface area contributed by atoms with Crippen LogP contribution < -0.4 is 0 Å². The summed E-state index contributed by atoms with van der Waals surface area (Å²) in [5, 5.41) is 0. The highest BCUT2D eigenvalue weighted by Gasteiger charge is 2.26. The summed E-state index contributed by atoms with van der Waals surface area (Å²) < 4.78 is 4.36. The Kier molecular flexibility index (Phi) is 6.22. The van der Waals surface area contributed by atoms with E-state index >= 15 is 0 Å². The van der Waals surface area contributed by atoms with E-state index in [-0.39, 0.29) is 0 Å². The zero-order chi connectivity index (χ0) is 10.9. The summed E-state index contributed by atoms with van der Waals surface area (Å²) in [5.74, 6) is 2.31. The second-order valence-electron chi connectivity index (χ2n) is 4.56. The highest BCUT2D eigenvalue weighted by atomic mass is 16.5. The highest BCUT2D eigenvalue weighted by Crippen LogP contribution is 2.39. The van der Waals surface area contributed by atoms with Gasteiger partial charge in [-0.2, -0.15) is 0 Å². The fraction of sp³-hybridized carbons (Fsp3) is 0.714. The molecule has 0 N–H and O–H groups in total. The number of hydrogen-bond acceptors (Lipinski definition) is 1. The SMILES string of the molecule is C1CCC2CCCCC2C1.C=COC=C. The molecule has 0 saturated heterocycles. The molecule has 0 aromatic rings. The van der Waals surface area contributed by atoms with E-state index in [9.17, 15) is 0 Å². The average Bonchev–Trinajstić information content (AvgIpc) is 2.31. The second-order valence-corrected chi connectivity index (χ2v) is 4.56. The molecule has 2 rings (SSSR count). The molecule has 0 radical (unpaired) electrons. The molecule has 0 aliphatic heterocycles. The van der Waals surface area contributed by atoms with E-state index in [1.807, 2.05) is 0 Å². The summed E-state index contributed by atoms with van der Waals surface area (Å²) in [4.78, 5) is 0. The van der Waals surface area contributed by atoms with Crippen molar-refractivity contribution in [1.29, 1.82) is 0 Å². The fourth-order valence-electron chi connectivity index (χ4n) is 2.93. The molecule has 2 fully saturated rings. The first-order chi connectivity index (χ1) is 7.38. The van der Waals surface area contributed by atoms with Crippen molar-refractivity contribution >= 4 is 0 Å².